The number of anilines is 1. The first-order valence-electron chi connectivity index (χ1n) is 9.81. The fraction of sp³-hybridized carbons (Fsp3) is 0.125. The van der Waals surface area contributed by atoms with E-state index in [9.17, 15) is 14.4 Å². The second-order valence-corrected chi connectivity index (χ2v) is 7.70. The summed E-state index contributed by atoms with van der Waals surface area (Å²) < 4.78 is 6.78. The molecule has 0 aliphatic rings. The van der Waals surface area contributed by atoms with Crippen LogP contribution in [0.1, 0.15) is 33.3 Å². The van der Waals surface area contributed by atoms with Gasteiger partial charge in [-0.2, -0.15) is 0 Å². The van der Waals surface area contributed by atoms with Gasteiger partial charge >= 0.3 is 5.97 Å². The molecule has 2 aromatic carbocycles. The number of ether oxygens (including phenoxy) is 1. The molecule has 0 aliphatic heterocycles. The summed E-state index contributed by atoms with van der Waals surface area (Å²) in [6.45, 7) is 1.91. The highest BCUT2D eigenvalue weighted by Crippen LogP contribution is 2.26. The van der Waals surface area contributed by atoms with Gasteiger partial charge in [0.15, 0.2) is 5.78 Å². The van der Waals surface area contributed by atoms with E-state index in [0.29, 0.717) is 22.5 Å². The number of aromatic nitrogens is 1. The number of carbonyl (C=O) groups excluding carboxylic acids is 3. The molecule has 0 saturated carbocycles. The van der Waals surface area contributed by atoms with Gasteiger partial charge in [-0.1, -0.05) is 42.5 Å². The third-order valence-electron chi connectivity index (χ3n) is 4.77. The molecule has 2 aromatic heterocycles. The summed E-state index contributed by atoms with van der Waals surface area (Å²) in [5.41, 5.74) is 1.70. The average Bonchev–Trinajstić information content (AvgIpc) is 3.37. The Bertz CT molecular complexity index is 1260. The smallest absolute Gasteiger partial charge is 0.355 e. The van der Waals surface area contributed by atoms with Gasteiger partial charge in [0.2, 0.25) is 5.91 Å². The maximum absolute atomic E-state index is 12.9. The highest BCUT2D eigenvalue weighted by molar-refractivity contribution is 7.16. The number of thiophene rings is 1. The van der Waals surface area contributed by atoms with E-state index in [-0.39, 0.29) is 24.8 Å². The van der Waals surface area contributed by atoms with Crippen molar-refractivity contribution < 1.29 is 19.1 Å². The van der Waals surface area contributed by atoms with Crippen molar-refractivity contribution in [3.8, 4) is 0 Å². The van der Waals surface area contributed by atoms with Crippen LogP contribution in [0.4, 0.5) is 5.69 Å². The molecule has 7 heteroatoms. The minimum atomic E-state index is -0.474. The first-order chi connectivity index (χ1) is 15.1. The molecule has 2 heterocycles. The Morgan fingerprint density at radius 2 is 1.74 bits per heavy atom. The van der Waals surface area contributed by atoms with Gasteiger partial charge in [0, 0.05) is 16.5 Å². The molecule has 0 spiro atoms. The van der Waals surface area contributed by atoms with E-state index in [1.807, 2.05) is 17.5 Å². The second-order valence-electron chi connectivity index (χ2n) is 6.81. The predicted octanol–water partition coefficient (Wildman–Crippen LogP) is 4.75. The van der Waals surface area contributed by atoms with Crippen LogP contribution in [0.15, 0.2) is 72.1 Å². The summed E-state index contributed by atoms with van der Waals surface area (Å²) in [4.78, 5) is 39.0. The van der Waals surface area contributed by atoms with Crippen molar-refractivity contribution in [1.29, 1.82) is 0 Å². The zero-order valence-corrected chi connectivity index (χ0v) is 17.6. The molecule has 4 rings (SSSR count). The lowest BCUT2D eigenvalue weighted by Gasteiger charge is -2.13. The van der Waals surface area contributed by atoms with E-state index < -0.39 is 5.97 Å². The molecule has 0 aliphatic carbocycles. The van der Waals surface area contributed by atoms with Crippen molar-refractivity contribution in [2.45, 2.75) is 13.5 Å². The summed E-state index contributed by atoms with van der Waals surface area (Å²) in [7, 11) is 0. The first-order valence-corrected chi connectivity index (χ1v) is 10.7. The van der Waals surface area contributed by atoms with Gasteiger partial charge in [0.1, 0.15) is 17.1 Å². The van der Waals surface area contributed by atoms with Crippen molar-refractivity contribution >= 4 is 44.9 Å². The fourth-order valence-electron chi connectivity index (χ4n) is 3.37. The van der Waals surface area contributed by atoms with Gasteiger partial charge in [0.25, 0.3) is 0 Å². The van der Waals surface area contributed by atoms with Crippen LogP contribution in [0.25, 0.3) is 10.2 Å². The minimum absolute atomic E-state index is 0.0774. The van der Waals surface area contributed by atoms with Gasteiger partial charge in [-0.05, 0) is 36.6 Å². The van der Waals surface area contributed by atoms with E-state index in [4.69, 9.17) is 4.74 Å². The molecular weight excluding hydrogens is 412 g/mol. The highest BCUT2D eigenvalue weighted by Gasteiger charge is 2.20. The largest absolute Gasteiger partial charge is 0.461 e. The molecule has 0 atom stereocenters. The molecule has 6 nitrogen and oxygen atoms in total. The Labute approximate surface area is 183 Å². The number of rotatable bonds is 7. The van der Waals surface area contributed by atoms with E-state index >= 15 is 0 Å². The molecule has 1 amide bonds. The van der Waals surface area contributed by atoms with Crippen LogP contribution in [0, 0.1) is 0 Å². The molecule has 0 radical (unpaired) electrons. The third kappa shape index (κ3) is 4.27. The number of para-hydroxylation sites is 1. The lowest BCUT2D eigenvalue weighted by atomic mass is 10.0. The molecule has 1 N–H and O–H groups in total. The normalized spacial score (nSPS) is 10.7. The quantitative estimate of drug-likeness (QED) is 0.338. The molecule has 156 valence electrons. The molecule has 0 unspecified atom stereocenters. The number of amides is 1. The Hall–Kier alpha value is -3.71. The minimum Gasteiger partial charge on any atom is -0.461 e. The number of nitrogens with one attached hydrogen (secondary N) is 1. The summed E-state index contributed by atoms with van der Waals surface area (Å²) >= 11 is 1.44. The topological polar surface area (TPSA) is 77.4 Å². The SMILES string of the molecule is CCOC(=O)c1cc2ccsc2n1CC(=O)Nc1ccccc1C(=O)c1ccccc1. The number of nitrogens with zero attached hydrogens (tertiary/aromatic N) is 1. The zero-order valence-electron chi connectivity index (χ0n) is 16.8. The third-order valence-corrected chi connectivity index (χ3v) is 5.72. The monoisotopic (exact) mass is 432 g/mol. The maximum atomic E-state index is 12.9. The van der Waals surface area contributed by atoms with Crippen LogP contribution >= 0.6 is 11.3 Å². The lowest BCUT2D eigenvalue weighted by Crippen LogP contribution is -2.23. The number of ketones is 1. The van der Waals surface area contributed by atoms with Crippen molar-refractivity contribution in [2.24, 2.45) is 0 Å². The molecule has 0 bridgehead atoms. The van der Waals surface area contributed by atoms with Gasteiger partial charge < -0.3 is 14.6 Å². The van der Waals surface area contributed by atoms with E-state index in [0.717, 1.165) is 10.2 Å². The van der Waals surface area contributed by atoms with Crippen LogP contribution in [0.3, 0.4) is 0 Å². The molecule has 0 saturated heterocycles. The van der Waals surface area contributed by atoms with E-state index in [2.05, 4.69) is 5.32 Å². The second kappa shape index (κ2) is 8.97. The van der Waals surface area contributed by atoms with Gasteiger partial charge in [-0.25, -0.2) is 4.79 Å². The summed E-state index contributed by atoms with van der Waals surface area (Å²) in [6.07, 6.45) is 0. The Morgan fingerprint density at radius 1 is 1.00 bits per heavy atom. The zero-order chi connectivity index (χ0) is 21.8. The lowest BCUT2D eigenvalue weighted by molar-refractivity contribution is -0.116. The highest BCUT2D eigenvalue weighted by atomic mass is 32.1. The van der Waals surface area contributed by atoms with E-state index in [1.165, 1.54) is 11.3 Å². The number of hydrogen-bond acceptors (Lipinski definition) is 5. The van der Waals surface area contributed by atoms with Crippen molar-refractivity contribution in [1.82, 2.24) is 4.57 Å². The predicted molar refractivity (Wildman–Crippen MR) is 121 cm³/mol. The van der Waals surface area contributed by atoms with Crippen LogP contribution in [-0.2, 0) is 16.1 Å². The molecular formula is C24H20N2O4S. The summed E-state index contributed by atoms with van der Waals surface area (Å²) in [5.74, 6) is -0.992. The summed E-state index contributed by atoms with van der Waals surface area (Å²) in [6, 6.07) is 19.4. The van der Waals surface area contributed by atoms with Gasteiger partial charge in [0.05, 0.1) is 12.3 Å². The van der Waals surface area contributed by atoms with Crippen LogP contribution in [0.2, 0.25) is 0 Å². The number of esters is 1. The fourth-order valence-corrected chi connectivity index (χ4v) is 4.27. The first kappa shape index (κ1) is 20.6. The maximum Gasteiger partial charge on any atom is 0.355 e. The van der Waals surface area contributed by atoms with Gasteiger partial charge in [-0.3, -0.25) is 9.59 Å². The molecule has 31 heavy (non-hydrogen) atoms. The Morgan fingerprint density at radius 3 is 2.52 bits per heavy atom. The van der Waals surface area contributed by atoms with E-state index in [1.54, 1.807) is 66.1 Å². The van der Waals surface area contributed by atoms with Gasteiger partial charge in [-0.15, -0.1) is 11.3 Å². The summed E-state index contributed by atoms with van der Waals surface area (Å²) in [5, 5.41) is 5.61. The number of fused-ring (bicyclic) bond motifs is 1. The molecule has 4 aromatic rings. The van der Waals surface area contributed by atoms with Crippen molar-refractivity contribution in [3.63, 3.8) is 0 Å². The number of benzene rings is 2. The Kier molecular flexibility index (Phi) is 5.95. The van der Waals surface area contributed by atoms with Crippen molar-refractivity contribution in [2.75, 3.05) is 11.9 Å². The van der Waals surface area contributed by atoms with Crippen LogP contribution < -0.4 is 5.32 Å². The van der Waals surface area contributed by atoms with Crippen LogP contribution in [-0.4, -0.2) is 28.8 Å². The van der Waals surface area contributed by atoms with Crippen LogP contribution in [0.5, 0.6) is 0 Å². The number of carbonyl (C=O) groups is 3. The van der Waals surface area contributed by atoms with Crippen molar-refractivity contribution in [3.05, 3.63) is 88.9 Å². The Balaban J connectivity index is 1.60. The molecule has 0 fully saturated rings. The number of hydrogen-bond donors (Lipinski definition) is 1. The average molecular weight is 433 g/mol. The standard InChI is InChI=1S/C24H20N2O4S/c1-2-30-24(29)20-14-17-12-13-31-23(17)26(20)15-21(27)25-19-11-7-6-10-18(19)22(28)16-8-4-3-5-9-16/h3-14H,2,15H2,1H3,(H,25,27).